The molecule has 0 aromatic heterocycles. The average molecular weight is 593 g/mol. The van der Waals surface area contributed by atoms with Gasteiger partial charge in [0.1, 0.15) is 24.5 Å². The number of benzene rings is 3. The first-order valence-electron chi connectivity index (χ1n) is 13.6. The third-order valence-electron chi connectivity index (χ3n) is 6.80. The molecule has 0 radical (unpaired) electrons. The molecule has 0 aliphatic heterocycles. The number of hydrogen-bond donors (Lipinski definition) is 1. The van der Waals surface area contributed by atoms with Crippen LogP contribution >= 0.6 is 7.26 Å². The molecule has 3 rings (SSSR count). The van der Waals surface area contributed by atoms with Crippen LogP contribution in [0, 0.1) is 0 Å². The lowest BCUT2D eigenvalue weighted by molar-refractivity contribution is 0.378. The monoisotopic (exact) mass is 592 g/mol. The minimum atomic E-state index is -3.30. The normalized spacial score (nSPS) is 12.0. The van der Waals surface area contributed by atoms with Crippen molar-refractivity contribution in [3.8, 4) is 51.7 Å². The molecule has 0 aliphatic rings. The fraction of sp³-hybridized carbons (Fsp3) is 0.400. The molecule has 10 nitrogen and oxygen atoms in total. The van der Waals surface area contributed by atoms with Crippen LogP contribution in [0.3, 0.4) is 0 Å². The summed E-state index contributed by atoms with van der Waals surface area (Å²) in [5, 5.41) is 1.81. The van der Waals surface area contributed by atoms with Crippen molar-refractivity contribution >= 4 is 23.2 Å². The molecule has 0 unspecified atom stereocenters. The van der Waals surface area contributed by atoms with E-state index >= 15 is 0 Å². The highest BCUT2D eigenvalue weighted by atomic mass is 31.2. The van der Waals surface area contributed by atoms with Crippen LogP contribution in [0.4, 0.5) is 0 Å². The summed E-state index contributed by atoms with van der Waals surface area (Å²) in [4.78, 5) is 0. The largest absolute Gasteiger partial charge is 0.496 e. The van der Waals surface area contributed by atoms with Crippen molar-refractivity contribution in [3.05, 3.63) is 36.4 Å². The predicted octanol–water partition coefficient (Wildman–Crippen LogP) is 3.41. The molecule has 0 atom stereocenters. The van der Waals surface area contributed by atoms with Gasteiger partial charge in [-0.1, -0.05) is 0 Å². The van der Waals surface area contributed by atoms with Gasteiger partial charge in [0.2, 0.25) is 0 Å². The van der Waals surface area contributed by atoms with Crippen molar-refractivity contribution in [2.24, 2.45) is 5.73 Å². The summed E-state index contributed by atoms with van der Waals surface area (Å²) in [5.41, 5.74) is 6.04. The fourth-order valence-corrected chi connectivity index (χ4v) is 9.99. The zero-order chi connectivity index (χ0) is 31.9. The number of hydrogen-bond acceptors (Lipinski definition) is 10. The Morgan fingerprint density at radius 2 is 0.732 bits per heavy atom. The van der Waals surface area contributed by atoms with E-state index in [1.54, 1.807) is 100 Å². The molecule has 0 bridgehead atoms. The van der Waals surface area contributed by atoms with E-state index < -0.39 is 13.8 Å². The van der Waals surface area contributed by atoms with Crippen molar-refractivity contribution in [2.75, 3.05) is 76.6 Å². The number of ether oxygens (including phenoxy) is 9. The molecule has 3 aromatic rings. The first-order valence-corrected chi connectivity index (χ1v) is 14.6. The second-order valence-electron chi connectivity index (χ2n) is 8.63. The number of rotatable bonds is 15. The highest BCUT2D eigenvalue weighted by Gasteiger charge is 2.57. The van der Waals surface area contributed by atoms with Gasteiger partial charge in [-0.15, -0.1) is 0 Å². The van der Waals surface area contributed by atoms with Gasteiger partial charge in [-0.3, -0.25) is 0 Å². The van der Waals surface area contributed by atoms with E-state index in [0.29, 0.717) is 67.7 Å². The topological polar surface area (TPSA) is 109 Å². The summed E-state index contributed by atoms with van der Waals surface area (Å²) in [5.74, 6) is 3.99. The third-order valence-corrected chi connectivity index (χ3v) is 11.3. The van der Waals surface area contributed by atoms with Gasteiger partial charge in [0.05, 0.1) is 70.2 Å². The van der Waals surface area contributed by atoms with E-state index in [1.165, 1.54) is 0 Å². The highest BCUT2D eigenvalue weighted by molar-refractivity contribution is 7.96. The Balaban J connectivity index is 2.81. The van der Waals surface area contributed by atoms with E-state index in [-0.39, 0.29) is 12.6 Å². The lowest BCUT2D eigenvalue weighted by Gasteiger charge is -2.33. The van der Waals surface area contributed by atoms with Gasteiger partial charge in [-0.2, -0.15) is 0 Å². The van der Waals surface area contributed by atoms with Gasteiger partial charge in [0, 0.05) is 39.1 Å². The van der Waals surface area contributed by atoms with Crippen LogP contribution < -0.4 is 64.3 Å². The van der Waals surface area contributed by atoms with Crippen LogP contribution in [-0.2, 0) is 0 Å². The quantitative estimate of drug-likeness (QED) is 0.264. The van der Waals surface area contributed by atoms with Crippen LogP contribution in [0.5, 0.6) is 51.7 Å². The zero-order valence-electron chi connectivity index (χ0n) is 27.1. The average Bonchev–Trinajstić information content (AvgIpc) is 3.03. The van der Waals surface area contributed by atoms with E-state index in [0.717, 1.165) is 0 Å². The molecule has 41 heavy (non-hydrogen) atoms. The number of nitrogens with two attached hydrogens (primary N) is 1. The SMILES string of the molecule is [2H]C([2H])(N)CC[P+](c1c(OC)cc(OC)cc1OC)(c1c(OC)cc(OC)cc1OC)c1c(OC)cc(OC)cc1OC. The van der Waals surface area contributed by atoms with E-state index in [1.807, 2.05) is 0 Å². The Hall–Kier alpha value is -3.75. The molecule has 11 heteroatoms. The van der Waals surface area contributed by atoms with E-state index in [4.69, 9.17) is 51.1 Å². The van der Waals surface area contributed by atoms with Crippen molar-refractivity contribution in [2.45, 2.75) is 6.42 Å². The van der Waals surface area contributed by atoms with Gasteiger partial charge in [-0.25, -0.2) is 0 Å². The van der Waals surface area contributed by atoms with Crippen molar-refractivity contribution in [1.29, 1.82) is 0 Å². The molecule has 3 aromatic carbocycles. The summed E-state index contributed by atoms with van der Waals surface area (Å²) in [6.45, 7) is -2.06. The molecule has 0 saturated carbocycles. The third kappa shape index (κ3) is 5.85. The Bertz CT molecular complexity index is 1190. The summed E-state index contributed by atoms with van der Waals surface area (Å²) in [6, 6.07) is 10.5. The lowest BCUT2D eigenvalue weighted by Crippen LogP contribution is -2.38. The highest BCUT2D eigenvalue weighted by Crippen LogP contribution is 2.66. The molecule has 224 valence electrons. The fourth-order valence-electron chi connectivity index (χ4n) is 4.99. The van der Waals surface area contributed by atoms with Crippen LogP contribution in [0.25, 0.3) is 0 Å². The maximum absolute atomic E-state index is 8.40. The van der Waals surface area contributed by atoms with Crippen LogP contribution in [0.1, 0.15) is 9.16 Å². The van der Waals surface area contributed by atoms with Crippen molar-refractivity contribution < 1.29 is 45.4 Å². The Labute approximate surface area is 245 Å². The van der Waals surface area contributed by atoms with Gasteiger partial charge >= 0.3 is 0 Å². The molecule has 0 saturated heterocycles. The summed E-state index contributed by atoms with van der Waals surface area (Å²) in [6.07, 6.45) is 0.0590. The van der Waals surface area contributed by atoms with E-state index in [2.05, 4.69) is 0 Å². The second kappa shape index (κ2) is 14.2. The maximum atomic E-state index is 8.40. The maximum Gasteiger partial charge on any atom is 0.188 e. The molecule has 0 heterocycles. The lowest BCUT2D eigenvalue weighted by atomic mass is 10.3. The molecule has 0 aliphatic carbocycles. The van der Waals surface area contributed by atoms with Crippen molar-refractivity contribution in [3.63, 3.8) is 0 Å². The summed E-state index contributed by atoms with van der Waals surface area (Å²) < 4.78 is 69.7. The van der Waals surface area contributed by atoms with Gasteiger partial charge < -0.3 is 48.4 Å². The predicted molar refractivity (Wildman–Crippen MR) is 163 cm³/mol. The molecular weight excluding hydrogens is 549 g/mol. The van der Waals surface area contributed by atoms with Crippen LogP contribution in [0.2, 0.25) is 0 Å². The first-order chi connectivity index (χ1) is 20.5. The smallest absolute Gasteiger partial charge is 0.188 e. The Kier molecular flexibility index (Phi) is 9.99. The zero-order valence-corrected chi connectivity index (χ0v) is 26.0. The van der Waals surface area contributed by atoms with Crippen LogP contribution in [-0.4, -0.2) is 76.6 Å². The van der Waals surface area contributed by atoms with E-state index in [9.17, 15) is 0 Å². The molecule has 0 spiro atoms. The second-order valence-corrected chi connectivity index (χ2v) is 12.0. The van der Waals surface area contributed by atoms with Gasteiger partial charge in [0.25, 0.3) is 0 Å². The Morgan fingerprint density at radius 1 is 0.488 bits per heavy atom. The molecule has 0 fully saturated rings. The molecular formula is C30H41NO9P+. The minimum Gasteiger partial charge on any atom is -0.496 e. The van der Waals surface area contributed by atoms with Crippen LogP contribution in [0.15, 0.2) is 36.4 Å². The van der Waals surface area contributed by atoms with Gasteiger partial charge in [-0.05, 0) is 12.9 Å². The standard InChI is InChI=1S/C30H41NO9P/c1-32-19-13-22(35-4)28(23(14-19)36-5)41(12-10-11-31,29-24(37-6)15-20(33-2)16-25(29)38-7)30-26(39-8)17-21(34-3)18-27(30)40-9/h13-18H,10-12,31H2,1-9H3/q+1/i11D2. The van der Waals surface area contributed by atoms with Crippen molar-refractivity contribution in [1.82, 2.24) is 0 Å². The number of methoxy groups -OCH3 is 9. The minimum absolute atomic E-state index is 0.0875. The molecule has 2 N–H and O–H groups in total. The summed E-state index contributed by atoms with van der Waals surface area (Å²) in [7, 11) is 10.6. The summed E-state index contributed by atoms with van der Waals surface area (Å²) >= 11 is 0. The Morgan fingerprint density at radius 3 is 0.902 bits per heavy atom. The van der Waals surface area contributed by atoms with Gasteiger partial charge in [0.15, 0.2) is 50.4 Å². The molecule has 0 amide bonds. The first kappa shape index (κ1) is 28.8.